The number of aliphatic hydroxyl groups is 1. The van der Waals surface area contributed by atoms with Crippen molar-refractivity contribution in [3.05, 3.63) is 170 Å². The molecular weight excluding hydrogens is 765 g/mol. The summed E-state index contributed by atoms with van der Waals surface area (Å²) in [6.45, 7) is 3.81. The monoisotopic (exact) mass is 849 g/mol. The summed E-state index contributed by atoms with van der Waals surface area (Å²) in [5.74, 6) is -0.718. The fourth-order valence-electron chi connectivity index (χ4n) is 5.52. The predicted octanol–water partition coefficient (Wildman–Crippen LogP) is 15.8. The maximum absolute atomic E-state index is 12.2. The molecule has 0 heterocycles. The number of carbonyl (C=O) groups excluding carboxylic acids is 2. The maximum atomic E-state index is 12.2. The number of hydrogen-bond acceptors (Lipinski definition) is 5. The van der Waals surface area contributed by atoms with Crippen LogP contribution in [-0.4, -0.2) is 36.4 Å². The highest BCUT2D eigenvalue weighted by Gasteiger charge is 2.16. The number of unbranched alkanes of at least 4 members (excludes halogenated alkanes) is 4. The average Bonchev–Trinajstić information content (AvgIpc) is 3.28. The Labute approximate surface area is 379 Å². The fourth-order valence-corrected chi connectivity index (χ4v) is 5.52. The highest BCUT2D eigenvalue weighted by Crippen LogP contribution is 2.08. The summed E-state index contributed by atoms with van der Waals surface area (Å²) in [6.07, 6.45) is 80.0. The zero-order valence-corrected chi connectivity index (χ0v) is 38.8. The van der Waals surface area contributed by atoms with Gasteiger partial charge >= 0.3 is 11.9 Å². The third kappa shape index (κ3) is 47.9. The maximum Gasteiger partial charge on any atom is 0.306 e. The minimum atomic E-state index is -0.829. The van der Waals surface area contributed by atoms with E-state index in [-0.39, 0.29) is 38.0 Å². The Balaban J connectivity index is 3.79. The van der Waals surface area contributed by atoms with Crippen molar-refractivity contribution in [3.63, 3.8) is 0 Å². The zero-order chi connectivity index (χ0) is 44.9. The Hall–Kier alpha value is -4.74. The Morgan fingerprint density at radius 3 is 0.984 bits per heavy atom. The van der Waals surface area contributed by atoms with Crippen molar-refractivity contribution in [1.29, 1.82) is 0 Å². The number of hydrogen-bond donors (Lipinski definition) is 1. The van der Waals surface area contributed by atoms with Gasteiger partial charge in [0.05, 0.1) is 6.61 Å². The van der Waals surface area contributed by atoms with Gasteiger partial charge in [-0.2, -0.15) is 0 Å². The van der Waals surface area contributed by atoms with Crippen molar-refractivity contribution in [1.82, 2.24) is 0 Å². The van der Waals surface area contributed by atoms with Crippen LogP contribution in [0.4, 0.5) is 0 Å². The molecule has 0 aliphatic carbocycles. The first kappa shape index (κ1) is 57.3. The molecule has 0 amide bonds. The molecule has 5 nitrogen and oxygen atoms in total. The van der Waals surface area contributed by atoms with Gasteiger partial charge in [-0.1, -0.05) is 190 Å². The second-order valence-electron chi connectivity index (χ2n) is 14.7. The molecule has 5 heteroatoms. The van der Waals surface area contributed by atoms with Crippen LogP contribution in [0.2, 0.25) is 0 Å². The topological polar surface area (TPSA) is 72.8 Å². The van der Waals surface area contributed by atoms with E-state index in [4.69, 9.17) is 9.47 Å². The molecule has 62 heavy (non-hydrogen) atoms. The molecule has 0 aromatic rings. The number of esters is 2. The second kappa shape index (κ2) is 50.6. The van der Waals surface area contributed by atoms with Crippen LogP contribution < -0.4 is 0 Å². The lowest BCUT2D eigenvalue weighted by atomic mass is 10.1. The molecule has 0 aliphatic heterocycles. The summed E-state index contributed by atoms with van der Waals surface area (Å²) in [4.78, 5) is 24.4. The minimum absolute atomic E-state index is 0.124. The average molecular weight is 849 g/mol. The smallest absolute Gasteiger partial charge is 0.306 e. The van der Waals surface area contributed by atoms with E-state index < -0.39 is 6.10 Å². The van der Waals surface area contributed by atoms with E-state index in [9.17, 15) is 14.7 Å². The lowest BCUT2D eigenvalue weighted by molar-refractivity contribution is -0.161. The molecule has 1 atom stereocenters. The van der Waals surface area contributed by atoms with Crippen LogP contribution in [0.1, 0.15) is 155 Å². The van der Waals surface area contributed by atoms with Gasteiger partial charge in [0, 0.05) is 12.8 Å². The molecule has 342 valence electrons. The van der Waals surface area contributed by atoms with Crippen LogP contribution in [0.25, 0.3) is 0 Å². The van der Waals surface area contributed by atoms with Crippen LogP contribution in [0.5, 0.6) is 0 Å². The molecule has 0 aliphatic rings. The van der Waals surface area contributed by atoms with E-state index in [1.54, 1.807) is 0 Å². The summed E-state index contributed by atoms with van der Waals surface area (Å²) in [5.41, 5.74) is 0. The van der Waals surface area contributed by atoms with Crippen LogP contribution in [0.15, 0.2) is 170 Å². The van der Waals surface area contributed by atoms with Gasteiger partial charge in [-0.25, -0.2) is 0 Å². The summed E-state index contributed by atoms with van der Waals surface area (Å²) < 4.78 is 10.6. The van der Waals surface area contributed by atoms with Gasteiger partial charge < -0.3 is 14.6 Å². The van der Waals surface area contributed by atoms with Crippen LogP contribution in [-0.2, 0) is 19.1 Å². The lowest BCUT2D eigenvalue weighted by Gasteiger charge is -2.15. The summed E-state index contributed by atoms with van der Waals surface area (Å²) >= 11 is 0. The van der Waals surface area contributed by atoms with Crippen LogP contribution in [0.3, 0.4) is 0 Å². The van der Waals surface area contributed by atoms with E-state index in [1.165, 1.54) is 0 Å². The van der Waals surface area contributed by atoms with Crippen molar-refractivity contribution in [3.8, 4) is 0 Å². The number of aliphatic hydroxyl groups excluding tert-OH is 1. The molecule has 0 spiro atoms. The van der Waals surface area contributed by atoms with Gasteiger partial charge in [-0.3, -0.25) is 9.59 Å². The van der Waals surface area contributed by atoms with Crippen molar-refractivity contribution < 1.29 is 24.2 Å². The first-order chi connectivity index (χ1) is 30.6. The van der Waals surface area contributed by atoms with E-state index >= 15 is 0 Å². The van der Waals surface area contributed by atoms with Crippen molar-refractivity contribution >= 4 is 11.9 Å². The first-order valence-electron chi connectivity index (χ1n) is 23.7. The molecule has 1 N–H and O–H groups in total. The SMILES string of the molecule is CC/C=C\C/C=C\C/C=C\C/C=C\C/C=C\C/C=C\C/C=C\CCCCCC(=O)OC(CO)COC(=O)CCC/C=C\C/C=C\C/C=C\C/C=C\C/C=C\C/C=C\C/C=C\CC. The molecule has 0 rings (SSSR count). The molecule has 0 radical (unpaired) electrons. The Morgan fingerprint density at radius 1 is 0.371 bits per heavy atom. The first-order valence-corrected chi connectivity index (χ1v) is 23.7. The third-order valence-electron chi connectivity index (χ3n) is 9.01. The van der Waals surface area contributed by atoms with Gasteiger partial charge in [0.15, 0.2) is 6.10 Å². The van der Waals surface area contributed by atoms with Crippen LogP contribution in [0, 0.1) is 0 Å². The zero-order valence-electron chi connectivity index (χ0n) is 38.8. The number of ether oxygens (including phenoxy) is 2. The fraction of sp³-hybridized carbons (Fsp3) is 0.474. The molecular formula is C57H84O5. The third-order valence-corrected chi connectivity index (χ3v) is 9.01. The van der Waals surface area contributed by atoms with E-state index in [0.717, 1.165) is 122 Å². The largest absolute Gasteiger partial charge is 0.462 e. The van der Waals surface area contributed by atoms with Gasteiger partial charge in [0.1, 0.15) is 6.61 Å². The summed E-state index contributed by atoms with van der Waals surface area (Å²) in [7, 11) is 0. The van der Waals surface area contributed by atoms with Crippen LogP contribution >= 0.6 is 0 Å². The quantitative estimate of drug-likeness (QED) is 0.0378. The van der Waals surface area contributed by atoms with E-state index in [1.807, 2.05) is 0 Å². The van der Waals surface area contributed by atoms with Crippen molar-refractivity contribution in [2.75, 3.05) is 13.2 Å². The molecule has 0 aromatic carbocycles. The highest BCUT2D eigenvalue weighted by atomic mass is 16.6. The molecule has 0 saturated carbocycles. The number of allylic oxidation sites excluding steroid dienone is 28. The van der Waals surface area contributed by atoms with E-state index in [0.29, 0.717) is 6.42 Å². The van der Waals surface area contributed by atoms with Crippen molar-refractivity contribution in [2.45, 2.75) is 161 Å². The Morgan fingerprint density at radius 2 is 0.661 bits per heavy atom. The van der Waals surface area contributed by atoms with Gasteiger partial charge in [-0.15, -0.1) is 0 Å². The lowest BCUT2D eigenvalue weighted by Crippen LogP contribution is -2.28. The second-order valence-corrected chi connectivity index (χ2v) is 14.7. The van der Waals surface area contributed by atoms with Gasteiger partial charge in [-0.05, 0) is 122 Å². The van der Waals surface area contributed by atoms with Gasteiger partial charge in [0.2, 0.25) is 0 Å². The Bertz CT molecular complexity index is 1470. The number of carbonyl (C=O) groups is 2. The molecule has 0 saturated heterocycles. The molecule has 0 bridgehead atoms. The van der Waals surface area contributed by atoms with Crippen molar-refractivity contribution in [2.24, 2.45) is 0 Å². The molecule has 1 unspecified atom stereocenters. The summed E-state index contributed by atoms with van der Waals surface area (Å²) in [5, 5.41) is 9.60. The summed E-state index contributed by atoms with van der Waals surface area (Å²) in [6, 6.07) is 0. The Kier molecular flexibility index (Phi) is 46.7. The highest BCUT2D eigenvalue weighted by molar-refractivity contribution is 5.70. The minimum Gasteiger partial charge on any atom is -0.462 e. The number of rotatable bonds is 40. The molecule has 0 fully saturated rings. The van der Waals surface area contributed by atoms with Gasteiger partial charge in [0.25, 0.3) is 0 Å². The predicted molar refractivity (Wildman–Crippen MR) is 269 cm³/mol. The molecule has 0 aromatic heterocycles. The normalized spacial score (nSPS) is 13.8. The van der Waals surface area contributed by atoms with E-state index in [2.05, 4.69) is 184 Å². The standard InChI is InChI=1S/C57H84O5/c1-3-5-7-9-11-13-15-17-19-21-23-25-27-28-30-32-34-36-38-40-42-44-46-48-50-52-57(60)62-55(53-58)54-61-56(59)51-49-47-45-43-41-39-37-35-33-31-29-26-24-22-20-18-16-14-12-10-8-6-4-2/h5-8,11-14,17-20,23-26,28,30-31,33-34,36-37,39-40,42-43,45,55,58H,3-4,9-10,15-16,21-22,27,29,32,35,38,41,44,46-54H2,1-2H3/b7-5-,8-6-,13-11-,14-12-,19-17-,20-18-,25-23-,26-24-,30-28-,33-31-,36-34-,39-37-,42-40-,45-43-.